The normalized spacial score (nSPS) is 17.1. The summed E-state index contributed by atoms with van der Waals surface area (Å²) in [7, 11) is 0. The van der Waals surface area contributed by atoms with E-state index in [4.69, 9.17) is 4.74 Å². The Balaban J connectivity index is 1.84. The molecular formula is C18H28N2O3. The molecule has 1 atom stereocenters. The second-order valence-electron chi connectivity index (χ2n) is 6.17. The van der Waals surface area contributed by atoms with Gasteiger partial charge in [0.25, 0.3) is 5.91 Å². The number of carbonyl (C=O) groups excluding carboxylic acids is 1. The minimum Gasteiger partial charge on any atom is -0.494 e. The molecule has 0 radical (unpaired) electrons. The Bertz CT molecular complexity index is 480. The van der Waals surface area contributed by atoms with Gasteiger partial charge in [-0.15, -0.1) is 0 Å². The third-order valence-electron chi connectivity index (χ3n) is 4.05. The van der Waals surface area contributed by atoms with E-state index < -0.39 is 0 Å². The van der Waals surface area contributed by atoms with Gasteiger partial charge in [0.15, 0.2) is 0 Å². The van der Waals surface area contributed by atoms with Crippen LogP contribution in [-0.2, 0) is 0 Å². The van der Waals surface area contributed by atoms with Gasteiger partial charge in [0.1, 0.15) is 5.75 Å². The van der Waals surface area contributed by atoms with Crippen molar-refractivity contribution < 1.29 is 14.6 Å². The predicted octanol–water partition coefficient (Wildman–Crippen LogP) is 2.00. The van der Waals surface area contributed by atoms with E-state index >= 15 is 0 Å². The third-order valence-corrected chi connectivity index (χ3v) is 4.05. The fraction of sp³-hybridized carbons (Fsp3) is 0.611. The first-order valence-electron chi connectivity index (χ1n) is 8.52. The lowest BCUT2D eigenvalue weighted by Gasteiger charge is -2.35. The van der Waals surface area contributed by atoms with Crippen molar-refractivity contribution in [3.05, 3.63) is 29.8 Å². The van der Waals surface area contributed by atoms with Crippen molar-refractivity contribution in [2.45, 2.75) is 32.8 Å². The van der Waals surface area contributed by atoms with E-state index in [1.165, 1.54) is 0 Å². The van der Waals surface area contributed by atoms with Gasteiger partial charge in [-0.3, -0.25) is 9.69 Å². The van der Waals surface area contributed by atoms with Crippen LogP contribution in [0, 0.1) is 0 Å². The van der Waals surface area contributed by atoms with Crippen LogP contribution in [0.5, 0.6) is 5.75 Å². The molecule has 0 saturated carbocycles. The molecule has 1 heterocycles. The van der Waals surface area contributed by atoms with Gasteiger partial charge in [-0.1, -0.05) is 13.3 Å². The molecule has 0 spiro atoms. The summed E-state index contributed by atoms with van der Waals surface area (Å²) in [5, 5.41) is 9.43. The fourth-order valence-corrected chi connectivity index (χ4v) is 2.72. The highest BCUT2D eigenvalue weighted by Gasteiger charge is 2.22. The van der Waals surface area contributed by atoms with Crippen LogP contribution in [0.4, 0.5) is 0 Å². The summed E-state index contributed by atoms with van der Waals surface area (Å²) in [5.41, 5.74) is 0.705. The topological polar surface area (TPSA) is 53.0 Å². The number of unbranched alkanes of at least 4 members (excludes halogenated alkanes) is 1. The number of hydrogen-bond acceptors (Lipinski definition) is 4. The molecule has 1 aromatic carbocycles. The second-order valence-corrected chi connectivity index (χ2v) is 6.17. The van der Waals surface area contributed by atoms with E-state index in [-0.39, 0.29) is 12.0 Å². The molecule has 5 heteroatoms. The number of hydrogen-bond donors (Lipinski definition) is 1. The van der Waals surface area contributed by atoms with E-state index in [0.717, 1.165) is 38.3 Å². The van der Waals surface area contributed by atoms with Crippen LogP contribution in [0.25, 0.3) is 0 Å². The molecule has 23 heavy (non-hydrogen) atoms. The zero-order valence-corrected chi connectivity index (χ0v) is 14.2. The van der Waals surface area contributed by atoms with Crippen molar-refractivity contribution in [2.75, 3.05) is 39.3 Å². The molecule has 1 N–H and O–H groups in total. The SMILES string of the molecule is CCCCOc1ccc(C(=O)N2CCN(CC(C)O)CC2)cc1. The number of piperazine rings is 1. The molecule has 5 nitrogen and oxygen atoms in total. The van der Waals surface area contributed by atoms with Gasteiger partial charge in [-0.2, -0.15) is 0 Å². The van der Waals surface area contributed by atoms with Crippen LogP contribution in [0.2, 0.25) is 0 Å². The number of aliphatic hydroxyl groups excluding tert-OH is 1. The number of rotatable bonds is 7. The van der Waals surface area contributed by atoms with Crippen molar-refractivity contribution in [3.63, 3.8) is 0 Å². The Morgan fingerprint density at radius 1 is 1.22 bits per heavy atom. The van der Waals surface area contributed by atoms with Gasteiger partial charge in [0.05, 0.1) is 12.7 Å². The Morgan fingerprint density at radius 3 is 2.43 bits per heavy atom. The summed E-state index contributed by atoms with van der Waals surface area (Å²) >= 11 is 0. The largest absolute Gasteiger partial charge is 0.494 e. The highest BCUT2D eigenvalue weighted by molar-refractivity contribution is 5.94. The second kappa shape index (κ2) is 8.89. The lowest BCUT2D eigenvalue weighted by Crippen LogP contribution is -2.50. The molecule has 0 aliphatic carbocycles. The van der Waals surface area contributed by atoms with Gasteiger partial charge in [-0.05, 0) is 37.6 Å². The average Bonchev–Trinajstić information content (AvgIpc) is 2.55. The molecule has 1 fully saturated rings. The summed E-state index contributed by atoms with van der Waals surface area (Å²) in [6, 6.07) is 7.41. The fourth-order valence-electron chi connectivity index (χ4n) is 2.72. The molecule has 1 unspecified atom stereocenters. The first-order chi connectivity index (χ1) is 11.1. The summed E-state index contributed by atoms with van der Waals surface area (Å²) in [6.45, 7) is 8.36. The number of nitrogens with zero attached hydrogens (tertiary/aromatic N) is 2. The summed E-state index contributed by atoms with van der Waals surface area (Å²) < 4.78 is 5.62. The number of benzene rings is 1. The maximum atomic E-state index is 12.5. The first kappa shape index (κ1) is 17.8. The van der Waals surface area contributed by atoms with E-state index in [1.54, 1.807) is 6.92 Å². The molecule has 0 aromatic heterocycles. The molecule has 1 aliphatic heterocycles. The minimum absolute atomic E-state index is 0.0711. The summed E-state index contributed by atoms with van der Waals surface area (Å²) in [5.74, 6) is 0.888. The Hall–Kier alpha value is -1.59. The number of amides is 1. The van der Waals surface area contributed by atoms with Gasteiger partial charge >= 0.3 is 0 Å². The maximum Gasteiger partial charge on any atom is 0.253 e. The summed E-state index contributed by atoms with van der Waals surface area (Å²) in [6.07, 6.45) is 1.83. The van der Waals surface area contributed by atoms with Crippen LogP contribution in [0.15, 0.2) is 24.3 Å². The zero-order chi connectivity index (χ0) is 16.7. The van der Waals surface area contributed by atoms with Crippen LogP contribution in [-0.4, -0.2) is 66.2 Å². The summed E-state index contributed by atoms with van der Waals surface area (Å²) in [4.78, 5) is 16.6. The van der Waals surface area contributed by atoms with Crippen LogP contribution in [0.1, 0.15) is 37.0 Å². The molecule has 1 aromatic rings. The number of aliphatic hydroxyl groups is 1. The molecule has 2 rings (SSSR count). The molecule has 1 aliphatic rings. The predicted molar refractivity (Wildman–Crippen MR) is 90.9 cm³/mol. The van der Waals surface area contributed by atoms with Crippen molar-refractivity contribution in [1.82, 2.24) is 9.80 Å². The molecule has 1 saturated heterocycles. The van der Waals surface area contributed by atoms with Crippen molar-refractivity contribution in [3.8, 4) is 5.75 Å². The highest BCUT2D eigenvalue weighted by atomic mass is 16.5. The van der Waals surface area contributed by atoms with E-state index in [1.807, 2.05) is 29.2 Å². The minimum atomic E-state index is -0.322. The molecule has 0 bridgehead atoms. The van der Waals surface area contributed by atoms with E-state index in [2.05, 4.69) is 11.8 Å². The molecule has 1 amide bonds. The number of ether oxygens (including phenoxy) is 1. The average molecular weight is 320 g/mol. The Morgan fingerprint density at radius 2 is 1.87 bits per heavy atom. The smallest absolute Gasteiger partial charge is 0.253 e. The first-order valence-corrected chi connectivity index (χ1v) is 8.52. The van der Waals surface area contributed by atoms with Crippen LogP contribution < -0.4 is 4.74 Å². The lowest BCUT2D eigenvalue weighted by atomic mass is 10.1. The third kappa shape index (κ3) is 5.52. The van der Waals surface area contributed by atoms with Gasteiger partial charge in [0, 0.05) is 38.3 Å². The van der Waals surface area contributed by atoms with Gasteiger partial charge < -0.3 is 14.7 Å². The van der Waals surface area contributed by atoms with E-state index in [0.29, 0.717) is 25.2 Å². The molecular weight excluding hydrogens is 292 g/mol. The van der Waals surface area contributed by atoms with Gasteiger partial charge in [-0.25, -0.2) is 0 Å². The van der Waals surface area contributed by atoms with Crippen molar-refractivity contribution in [2.24, 2.45) is 0 Å². The Kier molecular flexibility index (Phi) is 6.86. The highest BCUT2D eigenvalue weighted by Crippen LogP contribution is 2.15. The molecule has 128 valence electrons. The Labute approximate surface area is 138 Å². The monoisotopic (exact) mass is 320 g/mol. The van der Waals surface area contributed by atoms with E-state index in [9.17, 15) is 9.90 Å². The van der Waals surface area contributed by atoms with Gasteiger partial charge in [0.2, 0.25) is 0 Å². The van der Waals surface area contributed by atoms with Crippen molar-refractivity contribution in [1.29, 1.82) is 0 Å². The zero-order valence-electron chi connectivity index (χ0n) is 14.2. The lowest BCUT2D eigenvalue weighted by molar-refractivity contribution is 0.0554. The quantitative estimate of drug-likeness (QED) is 0.781. The van der Waals surface area contributed by atoms with Crippen molar-refractivity contribution >= 4 is 5.91 Å². The van der Waals surface area contributed by atoms with Crippen LogP contribution >= 0.6 is 0 Å². The number of β-amino-alcohol motifs (C(OH)–C–C–N with tert-alkyl or cyclic N) is 1. The number of carbonyl (C=O) groups is 1. The van der Waals surface area contributed by atoms with Crippen LogP contribution in [0.3, 0.4) is 0 Å². The maximum absolute atomic E-state index is 12.5. The standard InChI is InChI=1S/C18H28N2O3/c1-3-4-13-23-17-7-5-16(6-8-17)18(22)20-11-9-19(10-12-20)14-15(2)21/h5-8,15,21H,3-4,9-14H2,1-2H3.